The van der Waals surface area contributed by atoms with Crippen molar-refractivity contribution in [3.8, 4) is 0 Å². The molecule has 0 radical (unpaired) electrons. The average molecular weight is 223 g/mol. The summed E-state index contributed by atoms with van der Waals surface area (Å²) < 4.78 is 1.85. The molecule has 1 aromatic heterocycles. The summed E-state index contributed by atoms with van der Waals surface area (Å²) in [5.41, 5.74) is 1.15. The van der Waals surface area contributed by atoms with Crippen LogP contribution in [0.2, 0.25) is 0 Å². The molecule has 1 aliphatic rings. The number of hydrogen-bond donors (Lipinski definition) is 1. The quantitative estimate of drug-likeness (QED) is 0.828. The molecule has 0 saturated carbocycles. The van der Waals surface area contributed by atoms with E-state index in [0.717, 1.165) is 25.2 Å². The van der Waals surface area contributed by atoms with Crippen molar-refractivity contribution in [1.82, 2.24) is 14.7 Å². The van der Waals surface area contributed by atoms with Crippen LogP contribution in [-0.4, -0.2) is 39.5 Å². The van der Waals surface area contributed by atoms with Crippen LogP contribution in [0.4, 0.5) is 0 Å². The van der Waals surface area contributed by atoms with Gasteiger partial charge in [0.15, 0.2) is 0 Å². The number of likely N-dealkylation sites (tertiary alicyclic amines) is 1. The SMILES string of the molecule is Cn1ccc(CN2CCCC(CCO)C2)n1. The van der Waals surface area contributed by atoms with E-state index in [0.29, 0.717) is 12.5 Å². The first kappa shape index (κ1) is 11.6. The number of nitrogens with zero attached hydrogens (tertiary/aromatic N) is 3. The molecule has 4 heteroatoms. The van der Waals surface area contributed by atoms with E-state index < -0.39 is 0 Å². The molecule has 1 atom stereocenters. The van der Waals surface area contributed by atoms with Gasteiger partial charge in [0.25, 0.3) is 0 Å². The molecular formula is C12H21N3O. The van der Waals surface area contributed by atoms with Crippen molar-refractivity contribution in [2.45, 2.75) is 25.8 Å². The Balaban J connectivity index is 1.85. The molecule has 0 aromatic carbocycles. The molecule has 1 aromatic rings. The van der Waals surface area contributed by atoms with E-state index in [4.69, 9.17) is 5.11 Å². The Labute approximate surface area is 96.9 Å². The minimum absolute atomic E-state index is 0.322. The molecule has 4 nitrogen and oxygen atoms in total. The van der Waals surface area contributed by atoms with Crippen molar-refractivity contribution in [3.63, 3.8) is 0 Å². The van der Waals surface area contributed by atoms with Crippen molar-refractivity contribution >= 4 is 0 Å². The highest BCUT2D eigenvalue weighted by Crippen LogP contribution is 2.20. The highest BCUT2D eigenvalue weighted by Gasteiger charge is 2.19. The normalized spacial score (nSPS) is 22.5. The Bertz CT molecular complexity index is 322. The summed E-state index contributed by atoms with van der Waals surface area (Å²) in [4.78, 5) is 2.45. The zero-order valence-electron chi connectivity index (χ0n) is 9.97. The summed E-state index contributed by atoms with van der Waals surface area (Å²) in [6.45, 7) is 3.54. The molecule has 90 valence electrons. The van der Waals surface area contributed by atoms with Crippen molar-refractivity contribution < 1.29 is 5.11 Å². The van der Waals surface area contributed by atoms with Gasteiger partial charge in [-0.3, -0.25) is 9.58 Å². The maximum atomic E-state index is 8.96. The predicted octanol–water partition coefficient (Wildman–Crippen LogP) is 1.01. The fourth-order valence-corrected chi connectivity index (χ4v) is 2.49. The molecule has 0 bridgehead atoms. The van der Waals surface area contributed by atoms with Gasteiger partial charge in [-0.2, -0.15) is 5.10 Å². The van der Waals surface area contributed by atoms with Gasteiger partial charge in [0.2, 0.25) is 0 Å². The molecule has 1 unspecified atom stereocenters. The number of rotatable bonds is 4. The first-order valence-corrected chi connectivity index (χ1v) is 6.09. The number of aliphatic hydroxyl groups excluding tert-OH is 1. The standard InChI is InChI=1S/C12H21N3O/c1-14-7-4-12(13-14)10-15-6-2-3-11(9-15)5-8-16/h4,7,11,16H,2-3,5-6,8-10H2,1H3. The highest BCUT2D eigenvalue weighted by atomic mass is 16.3. The van der Waals surface area contributed by atoms with Crippen molar-refractivity contribution in [2.75, 3.05) is 19.7 Å². The topological polar surface area (TPSA) is 41.3 Å². The minimum atomic E-state index is 0.322. The molecule has 1 fully saturated rings. The van der Waals surface area contributed by atoms with Gasteiger partial charge < -0.3 is 5.11 Å². The maximum absolute atomic E-state index is 8.96. The Kier molecular flexibility index (Phi) is 3.96. The summed E-state index contributed by atoms with van der Waals surface area (Å²) in [5.74, 6) is 0.669. The number of aliphatic hydroxyl groups is 1. The van der Waals surface area contributed by atoms with Crippen LogP contribution in [0.5, 0.6) is 0 Å². The zero-order chi connectivity index (χ0) is 11.4. The number of piperidine rings is 1. The predicted molar refractivity (Wildman–Crippen MR) is 62.9 cm³/mol. The van der Waals surface area contributed by atoms with E-state index in [-0.39, 0.29) is 0 Å². The average Bonchev–Trinajstić information content (AvgIpc) is 2.65. The van der Waals surface area contributed by atoms with Crippen LogP contribution in [0.25, 0.3) is 0 Å². The van der Waals surface area contributed by atoms with Gasteiger partial charge in [0, 0.05) is 32.9 Å². The van der Waals surface area contributed by atoms with Gasteiger partial charge in [0.1, 0.15) is 0 Å². The summed E-state index contributed by atoms with van der Waals surface area (Å²) in [5, 5.41) is 13.4. The van der Waals surface area contributed by atoms with E-state index in [1.54, 1.807) is 0 Å². The van der Waals surface area contributed by atoms with E-state index in [1.165, 1.54) is 19.4 Å². The van der Waals surface area contributed by atoms with E-state index >= 15 is 0 Å². The summed E-state index contributed by atoms with van der Waals surface area (Å²) >= 11 is 0. The summed E-state index contributed by atoms with van der Waals surface area (Å²) in [7, 11) is 1.95. The van der Waals surface area contributed by atoms with Gasteiger partial charge in [-0.15, -0.1) is 0 Å². The molecule has 2 rings (SSSR count). The molecule has 0 amide bonds. The Morgan fingerprint density at radius 3 is 3.12 bits per heavy atom. The van der Waals surface area contributed by atoms with Crippen LogP contribution in [0.15, 0.2) is 12.3 Å². The first-order chi connectivity index (χ1) is 7.78. The van der Waals surface area contributed by atoms with E-state index in [2.05, 4.69) is 16.1 Å². The van der Waals surface area contributed by atoms with E-state index in [9.17, 15) is 0 Å². The Morgan fingerprint density at radius 1 is 1.56 bits per heavy atom. The van der Waals surface area contributed by atoms with Crippen LogP contribution in [0.1, 0.15) is 25.0 Å². The molecular weight excluding hydrogens is 202 g/mol. The van der Waals surface area contributed by atoms with Crippen LogP contribution in [0, 0.1) is 5.92 Å². The van der Waals surface area contributed by atoms with Gasteiger partial charge in [-0.25, -0.2) is 0 Å². The lowest BCUT2D eigenvalue weighted by atomic mass is 9.95. The molecule has 16 heavy (non-hydrogen) atoms. The molecule has 2 heterocycles. The molecule has 1 saturated heterocycles. The fraction of sp³-hybridized carbons (Fsp3) is 0.750. The summed E-state index contributed by atoms with van der Waals surface area (Å²) in [6, 6.07) is 2.08. The Hall–Kier alpha value is -0.870. The number of aryl methyl sites for hydroxylation is 1. The monoisotopic (exact) mass is 223 g/mol. The number of hydrogen-bond acceptors (Lipinski definition) is 3. The van der Waals surface area contributed by atoms with E-state index in [1.807, 2.05) is 17.9 Å². The largest absolute Gasteiger partial charge is 0.396 e. The second-order valence-corrected chi connectivity index (χ2v) is 4.74. The lowest BCUT2D eigenvalue weighted by Gasteiger charge is -2.31. The van der Waals surface area contributed by atoms with Crippen molar-refractivity contribution in [3.05, 3.63) is 18.0 Å². The number of aromatic nitrogens is 2. The van der Waals surface area contributed by atoms with Gasteiger partial charge in [-0.1, -0.05) is 0 Å². The van der Waals surface area contributed by atoms with Gasteiger partial charge in [0.05, 0.1) is 5.69 Å². The first-order valence-electron chi connectivity index (χ1n) is 6.09. The Morgan fingerprint density at radius 2 is 2.44 bits per heavy atom. The van der Waals surface area contributed by atoms with Crippen LogP contribution in [0.3, 0.4) is 0 Å². The maximum Gasteiger partial charge on any atom is 0.0764 e. The second-order valence-electron chi connectivity index (χ2n) is 4.74. The molecule has 0 spiro atoms. The smallest absolute Gasteiger partial charge is 0.0764 e. The summed E-state index contributed by atoms with van der Waals surface area (Å²) in [6.07, 6.45) is 5.44. The second kappa shape index (κ2) is 5.46. The van der Waals surface area contributed by atoms with Gasteiger partial charge >= 0.3 is 0 Å². The third-order valence-corrected chi connectivity index (χ3v) is 3.29. The third kappa shape index (κ3) is 3.06. The van der Waals surface area contributed by atoms with Crippen molar-refractivity contribution in [2.24, 2.45) is 13.0 Å². The molecule has 1 N–H and O–H groups in total. The lowest BCUT2D eigenvalue weighted by molar-refractivity contribution is 0.141. The van der Waals surface area contributed by atoms with Crippen LogP contribution < -0.4 is 0 Å². The fourth-order valence-electron chi connectivity index (χ4n) is 2.49. The molecule has 0 aliphatic carbocycles. The highest BCUT2D eigenvalue weighted by molar-refractivity contribution is 4.98. The van der Waals surface area contributed by atoms with Crippen LogP contribution in [-0.2, 0) is 13.6 Å². The van der Waals surface area contributed by atoms with Crippen molar-refractivity contribution in [1.29, 1.82) is 0 Å². The van der Waals surface area contributed by atoms with Gasteiger partial charge in [-0.05, 0) is 37.8 Å². The zero-order valence-corrected chi connectivity index (χ0v) is 9.97. The van der Waals surface area contributed by atoms with Crippen LogP contribution >= 0.6 is 0 Å². The molecule has 1 aliphatic heterocycles. The lowest BCUT2D eigenvalue weighted by Crippen LogP contribution is -2.35. The minimum Gasteiger partial charge on any atom is -0.396 e. The third-order valence-electron chi connectivity index (χ3n) is 3.29.